The van der Waals surface area contributed by atoms with Gasteiger partial charge in [-0.3, -0.25) is 0 Å². The summed E-state index contributed by atoms with van der Waals surface area (Å²) in [6, 6.07) is 7.25. The van der Waals surface area contributed by atoms with Gasteiger partial charge in [-0.25, -0.2) is 19.7 Å². The minimum atomic E-state index is -1.13. The normalized spacial score (nSPS) is 19.6. The quantitative estimate of drug-likeness (QED) is 0.517. The van der Waals surface area contributed by atoms with Crippen molar-refractivity contribution in [1.29, 1.82) is 0 Å². The van der Waals surface area contributed by atoms with Crippen LogP contribution in [-0.2, 0) is 22.1 Å². The molecule has 2 fully saturated rings. The summed E-state index contributed by atoms with van der Waals surface area (Å²) in [6.07, 6.45) is 0. The number of carbonyl (C=O) groups excluding carboxylic acids is 1. The van der Waals surface area contributed by atoms with Crippen LogP contribution in [0.4, 0.5) is 16.3 Å². The number of aliphatic hydroxyl groups is 1. The van der Waals surface area contributed by atoms with Gasteiger partial charge in [0, 0.05) is 31.4 Å². The largest absolute Gasteiger partial charge is 0.377 e. The Morgan fingerprint density at radius 3 is 2.62 bits per heavy atom. The number of urea groups is 1. The van der Waals surface area contributed by atoms with Crippen molar-refractivity contribution in [2.45, 2.75) is 25.5 Å². The number of nitrogens with one attached hydrogen (secondary N) is 2. The van der Waals surface area contributed by atoms with Gasteiger partial charge >= 0.3 is 6.03 Å². The molecule has 11 heteroatoms. The van der Waals surface area contributed by atoms with E-state index in [1.165, 1.54) is 0 Å². The van der Waals surface area contributed by atoms with Crippen molar-refractivity contribution in [2.24, 2.45) is 7.05 Å². The van der Waals surface area contributed by atoms with Crippen LogP contribution in [0.3, 0.4) is 0 Å². The number of nitrogens with zero attached hydrogens (tertiary/aromatic N) is 5. The zero-order valence-electron chi connectivity index (χ0n) is 19.5. The third-order valence-electron chi connectivity index (χ3n) is 6.18. The van der Waals surface area contributed by atoms with Gasteiger partial charge in [-0.05, 0) is 38.1 Å². The van der Waals surface area contributed by atoms with E-state index in [1.54, 1.807) is 0 Å². The van der Waals surface area contributed by atoms with Crippen LogP contribution in [0.5, 0.6) is 0 Å². The molecule has 1 atom stereocenters. The molecule has 4 heterocycles. The van der Waals surface area contributed by atoms with Crippen LogP contribution in [0.1, 0.15) is 19.7 Å². The summed E-state index contributed by atoms with van der Waals surface area (Å²) in [7, 11) is 1.85. The molecule has 1 aromatic carbocycles. The average molecular weight is 468 g/mol. The molecule has 3 N–H and O–H groups in total. The van der Waals surface area contributed by atoms with Crippen molar-refractivity contribution in [2.75, 3.05) is 49.7 Å². The number of hydrogen-bond acceptors (Lipinski definition) is 8. The van der Waals surface area contributed by atoms with E-state index < -0.39 is 5.60 Å². The molecule has 5 rings (SSSR count). The highest BCUT2D eigenvalue weighted by molar-refractivity contribution is 5.90. The Bertz CT molecular complexity index is 1210. The van der Waals surface area contributed by atoms with Gasteiger partial charge in [0.05, 0.1) is 32.5 Å². The monoisotopic (exact) mass is 467 g/mol. The van der Waals surface area contributed by atoms with Crippen LogP contribution >= 0.6 is 0 Å². The maximum absolute atomic E-state index is 11.8. The van der Waals surface area contributed by atoms with E-state index in [0.717, 1.165) is 5.56 Å². The Kier molecular flexibility index (Phi) is 5.84. The molecule has 2 aromatic heterocycles. The van der Waals surface area contributed by atoms with E-state index in [0.29, 0.717) is 60.6 Å². The average Bonchev–Trinajstić information content (AvgIpc) is 3.15. The van der Waals surface area contributed by atoms with Gasteiger partial charge in [0.25, 0.3) is 0 Å². The Balaban J connectivity index is 1.58. The molecular formula is C23H29N7O4. The lowest BCUT2D eigenvalue weighted by molar-refractivity contribution is -0.190. The van der Waals surface area contributed by atoms with Crippen LogP contribution in [0.2, 0.25) is 0 Å². The van der Waals surface area contributed by atoms with E-state index >= 15 is 0 Å². The molecule has 0 radical (unpaired) electrons. The molecule has 2 aliphatic heterocycles. The fourth-order valence-corrected chi connectivity index (χ4v) is 4.30. The summed E-state index contributed by atoms with van der Waals surface area (Å²) in [5.41, 5.74) is 1.63. The predicted molar refractivity (Wildman–Crippen MR) is 127 cm³/mol. The van der Waals surface area contributed by atoms with Crippen LogP contribution in [0, 0.1) is 0 Å². The van der Waals surface area contributed by atoms with E-state index in [4.69, 9.17) is 24.4 Å². The SMILES string of the molecule is CCNC(=O)Nc1ccc(-c2nc(N3CCOC[C@@H]3C)c3nc(C4(O)COC4)n(C)c3n2)cc1. The van der Waals surface area contributed by atoms with Crippen molar-refractivity contribution in [3.63, 3.8) is 0 Å². The third kappa shape index (κ3) is 3.95. The molecule has 11 nitrogen and oxygen atoms in total. The fourth-order valence-electron chi connectivity index (χ4n) is 4.30. The van der Waals surface area contributed by atoms with E-state index in [9.17, 15) is 9.90 Å². The number of anilines is 2. The second-order valence-electron chi connectivity index (χ2n) is 8.74. The summed E-state index contributed by atoms with van der Waals surface area (Å²) >= 11 is 0. The van der Waals surface area contributed by atoms with Gasteiger partial charge in [-0.2, -0.15) is 0 Å². The first-order valence-corrected chi connectivity index (χ1v) is 11.4. The molecule has 2 saturated heterocycles. The van der Waals surface area contributed by atoms with Crippen molar-refractivity contribution < 1.29 is 19.4 Å². The van der Waals surface area contributed by atoms with Gasteiger partial charge in [0.15, 0.2) is 28.4 Å². The topological polar surface area (TPSA) is 127 Å². The van der Waals surface area contributed by atoms with Crippen LogP contribution in [0.25, 0.3) is 22.6 Å². The Morgan fingerprint density at radius 2 is 1.97 bits per heavy atom. The first-order valence-electron chi connectivity index (χ1n) is 11.4. The minimum Gasteiger partial charge on any atom is -0.377 e. The van der Waals surface area contributed by atoms with Gasteiger partial charge in [0.1, 0.15) is 5.82 Å². The Labute approximate surface area is 197 Å². The van der Waals surface area contributed by atoms with E-state index in [-0.39, 0.29) is 25.3 Å². The molecule has 0 spiro atoms. The summed E-state index contributed by atoms with van der Waals surface area (Å²) in [5.74, 6) is 1.77. The summed E-state index contributed by atoms with van der Waals surface area (Å²) < 4.78 is 12.7. The predicted octanol–water partition coefficient (Wildman–Crippen LogP) is 1.61. The molecule has 34 heavy (non-hydrogen) atoms. The summed E-state index contributed by atoms with van der Waals surface area (Å²) in [6.45, 7) is 6.79. The zero-order valence-corrected chi connectivity index (χ0v) is 19.5. The molecular weight excluding hydrogens is 438 g/mol. The van der Waals surface area contributed by atoms with Crippen LogP contribution in [0.15, 0.2) is 24.3 Å². The molecule has 0 aliphatic carbocycles. The Morgan fingerprint density at radius 1 is 1.21 bits per heavy atom. The van der Waals surface area contributed by atoms with Gasteiger partial charge in [-0.15, -0.1) is 0 Å². The van der Waals surface area contributed by atoms with E-state index in [1.807, 2.05) is 42.8 Å². The number of carbonyl (C=O) groups is 1. The second-order valence-corrected chi connectivity index (χ2v) is 8.74. The molecule has 2 aliphatic rings. The maximum atomic E-state index is 11.8. The summed E-state index contributed by atoms with van der Waals surface area (Å²) in [4.78, 5) is 28.5. The van der Waals surface area contributed by atoms with Crippen molar-refractivity contribution in [3.05, 3.63) is 30.1 Å². The highest BCUT2D eigenvalue weighted by Crippen LogP contribution is 2.35. The number of fused-ring (bicyclic) bond motifs is 1. The molecule has 2 amide bonds. The number of aryl methyl sites for hydroxylation is 1. The van der Waals surface area contributed by atoms with Gasteiger partial charge < -0.3 is 34.7 Å². The fraction of sp³-hybridized carbons (Fsp3) is 0.478. The minimum absolute atomic E-state index is 0.115. The van der Waals surface area contributed by atoms with Gasteiger partial charge in [-0.1, -0.05) is 0 Å². The van der Waals surface area contributed by atoms with Crippen LogP contribution in [-0.4, -0.2) is 76.2 Å². The first-order chi connectivity index (χ1) is 16.4. The summed E-state index contributed by atoms with van der Waals surface area (Å²) in [5, 5.41) is 16.4. The zero-order chi connectivity index (χ0) is 23.9. The first kappa shape index (κ1) is 22.5. The van der Waals surface area contributed by atoms with Crippen molar-refractivity contribution in [3.8, 4) is 11.4 Å². The number of morpholine rings is 1. The molecule has 0 saturated carbocycles. The molecule has 0 unspecified atom stereocenters. The lowest BCUT2D eigenvalue weighted by Crippen LogP contribution is -2.48. The number of ether oxygens (including phenoxy) is 2. The van der Waals surface area contributed by atoms with Crippen molar-refractivity contribution >= 4 is 28.7 Å². The lowest BCUT2D eigenvalue weighted by atomic mass is 10.0. The number of rotatable bonds is 5. The number of benzene rings is 1. The highest BCUT2D eigenvalue weighted by Gasteiger charge is 2.43. The van der Waals surface area contributed by atoms with Crippen molar-refractivity contribution in [1.82, 2.24) is 24.8 Å². The number of amides is 2. The van der Waals surface area contributed by atoms with Crippen LogP contribution < -0.4 is 15.5 Å². The second kappa shape index (κ2) is 8.82. The lowest BCUT2D eigenvalue weighted by Gasteiger charge is -2.35. The molecule has 3 aromatic rings. The number of hydrogen-bond donors (Lipinski definition) is 3. The molecule has 180 valence electrons. The molecule has 0 bridgehead atoms. The number of aromatic nitrogens is 4. The standard InChI is InChI=1S/C23H29N7O4/c1-4-24-22(31)25-16-7-5-15(6-8-16)18-27-19-17(20(28-18)30-9-10-33-11-14(30)2)26-21(29(19)3)23(32)12-34-13-23/h5-8,14,32H,4,9-13H2,1-3H3,(H2,24,25,31)/t14-/m0/s1. The maximum Gasteiger partial charge on any atom is 0.319 e. The third-order valence-corrected chi connectivity index (χ3v) is 6.18. The van der Waals surface area contributed by atoms with Gasteiger partial charge in [0.2, 0.25) is 0 Å². The van der Waals surface area contributed by atoms with E-state index in [2.05, 4.69) is 22.5 Å². The number of imidazole rings is 1. The highest BCUT2D eigenvalue weighted by atomic mass is 16.5. The smallest absolute Gasteiger partial charge is 0.319 e. The Hall–Kier alpha value is -3.28.